The summed E-state index contributed by atoms with van der Waals surface area (Å²) in [5.74, 6) is -1.30. The number of carboxylic acids is 1. The van der Waals surface area contributed by atoms with Gasteiger partial charge in [-0.25, -0.2) is 0 Å². The number of hydrogen-bond acceptors (Lipinski definition) is 5. The minimum atomic E-state index is -0.948. The number of carbonyl (C=O) groups is 2. The van der Waals surface area contributed by atoms with Crippen molar-refractivity contribution < 1.29 is 24.0 Å². The summed E-state index contributed by atoms with van der Waals surface area (Å²) < 4.78 is 10.1. The van der Waals surface area contributed by atoms with Crippen LogP contribution in [0.4, 0.5) is 0 Å². The molecule has 0 radical (unpaired) electrons. The number of aliphatic carboxylic acids is 1. The van der Waals surface area contributed by atoms with Gasteiger partial charge >= 0.3 is 5.97 Å². The van der Waals surface area contributed by atoms with Gasteiger partial charge in [-0.1, -0.05) is 5.16 Å². The average molecular weight is 268 g/mol. The Morgan fingerprint density at radius 2 is 2.16 bits per heavy atom. The number of hydrogen-bond donors (Lipinski definition) is 2. The topological polar surface area (TPSA) is 102 Å². The highest BCUT2D eigenvalue weighted by molar-refractivity contribution is 5.92. The van der Waals surface area contributed by atoms with Crippen LogP contribution < -0.4 is 5.32 Å². The van der Waals surface area contributed by atoms with Crippen LogP contribution in [0.25, 0.3) is 0 Å². The Kier molecular flexibility index (Phi) is 3.84. The van der Waals surface area contributed by atoms with Crippen molar-refractivity contribution in [1.82, 2.24) is 10.5 Å². The molecule has 0 saturated carbocycles. The monoisotopic (exact) mass is 268 g/mol. The summed E-state index contributed by atoms with van der Waals surface area (Å²) in [5.41, 5.74) is -0.175. The van der Waals surface area contributed by atoms with Gasteiger partial charge in [-0.05, 0) is 19.8 Å². The van der Waals surface area contributed by atoms with Gasteiger partial charge in [0.1, 0.15) is 0 Å². The first-order chi connectivity index (χ1) is 9.01. The number of rotatable bonds is 4. The quantitative estimate of drug-likeness (QED) is 0.835. The third-order valence-corrected chi connectivity index (χ3v) is 3.17. The molecule has 1 aromatic rings. The summed E-state index contributed by atoms with van der Waals surface area (Å²) in [7, 11) is 0. The van der Waals surface area contributed by atoms with Crippen LogP contribution in [-0.2, 0) is 9.53 Å². The molecule has 0 aromatic carbocycles. The summed E-state index contributed by atoms with van der Waals surface area (Å²) in [6, 6.07) is 1.52. The van der Waals surface area contributed by atoms with Gasteiger partial charge in [0.2, 0.25) is 5.76 Å². The predicted molar refractivity (Wildman–Crippen MR) is 63.7 cm³/mol. The van der Waals surface area contributed by atoms with Gasteiger partial charge in [-0.2, -0.15) is 0 Å². The first kappa shape index (κ1) is 13.5. The fourth-order valence-corrected chi connectivity index (χ4v) is 2.17. The minimum Gasteiger partial charge on any atom is -0.481 e. The number of nitrogens with one attached hydrogen (secondary N) is 1. The molecule has 0 spiro atoms. The number of amides is 1. The van der Waals surface area contributed by atoms with Gasteiger partial charge < -0.3 is 19.7 Å². The summed E-state index contributed by atoms with van der Waals surface area (Å²) in [6.07, 6.45) is 0.811. The molecule has 1 fully saturated rings. The first-order valence-corrected chi connectivity index (χ1v) is 6.06. The summed E-state index contributed by atoms with van der Waals surface area (Å²) in [4.78, 5) is 23.0. The van der Waals surface area contributed by atoms with E-state index >= 15 is 0 Å². The molecule has 1 amide bonds. The van der Waals surface area contributed by atoms with Crippen molar-refractivity contribution >= 4 is 11.9 Å². The fourth-order valence-electron chi connectivity index (χ4n) is 2.17. The highest BCUT2D eigenvalue weighted by Gasteiger charge is 2.37. The lowest BCUT2D eigenvalue weighted by Crippen LogP contribution is -2.53. The molecule has 1 aliphatic heterocycles. The molecule has 1 aliphatic rings. The van der Waals surface area contributed by atoms with E-state index in [1.165, 1.54) is 6.07 Å². The molecule has 104 valence electrons. The number of carbonyl (C=O) groups excluding carboxylic acids is 1. The van der Waals surface area contributed by atoms with Crippen LogP contribution in [-0.4, -0.2) is 40.9 Å². The van der Waals surface area contributed by atoms with Crippen LogP contribution in [0, 0.1) is 6.92 Å². The lowest BCUT2D eigenvalue weighted by Gasteiger charge is -2.36. The van der Waals surface area contributed by atoms with Gasteiger partial charge in [0.15, 0.2) is 0 Å². The van der Waals surface area contributed by atoms with Gasteiger partial charge in [-0.15, -0.1) is 0 Å². The van der Waals surface area contributed by atoms with Crippen molar-refractivity contribution in [2.45, 2.75) is 31.7 Å². The first-order valence-electron chi connectivity index (χ1n) is 6.06. The van der Waals surface area contributed by atoms with E-state index in [0.717, 1.165) is 0 Å². The third kappa shape index (κ3) is 3.31. The normalized spacial score (nSPS) is 17.9. The molecule has 2 N–H and O–H groups in total. The number of aryl methyl sites for hydroxylation is 1. The van der Waals surface area contributed by atoms with Crippen molar-refractivity contribution in [2.24, 2.45) is 0 Å². The second kappa shape index (κ2) is 5.40. The zero-order valence-corrected chi connectivity index (χ0v) is 10.6. The molecule has 1 aromatic heterocycles. The number of aromatic nitrogens is 1. The molecule has 1 saturated heterocycles. The maximum absolute atomic E-state index is 12.0. The lowest BCUT2D eigenvalue weighted by molar-refractivity contribution is -0.139. The smallest absolute Gasteiger partial charge is 0.305 e. The zero-order chi connectivity index (χ0) is 13.9. The van der Waals surface area contributed by atoms with E-state index in [2.05, 4.69) is 10.5 Å². The average Bonchev–Trinajstić information content (AvgIpc) is 2.76. The molecule has 7 heteroatoms. The van der Waals surface area contributed by atoms with Crippen LogP contribution in [0.15, 0.2) is 10.6 Å². The van der Waals surface area contributed by atoms with Crippen molar-refractivity contribution in [3.8, 4) is 0 Å². The maximum atomic E-state index is 12.0. The van der Waals surface area contributed by atoms with Crippen LogP contribution in [0.5, 0.6) is 0 Å². The molecule has 0 unspecified atom stereocenters. The Hall–Kier alpha value is -1.89. The fraction of sp³-hybridized carbons (Fsp3) is 0.583. The Morgan fingerprint density at radius 1 is 1.47 bits per heavy atom. The number of nitrogens with zero attached hydrogens (tertiary/aromatic N) is 1. The highest BCUT2D eigenvalue weighted by Crippen LogP contribution is 2.25. The molecule has 19 heavy (non-hydrogen) atoms. The molecule has 2 heterocycles. The number of ether oxygens (including phenoxy) is 1. The van der Waals surface area contributed by atoms with E-state index in [1.807, 2.05) is 0 Å². The Morgan fingerprint density at radius 3 is 2.68 bits per heavy atom. The maximum Gasteiger partial charge on any atom is 0.305 e. The van der Waals surface area contributed by atoms with E-state index in [-0.39, 0.29) is 12.2 Å². The van der Waals surface area contributed by atoms with E-state index in [1.54, 1.807) is 6.92 Å². The second-order valence-corrected chi connectivity index (χ2v) is 4.75. The molecular formula is C12H16N2O5. The molecule has 2 rings (SSSR count). The lowest BCUT2D eigenvalue weighted by atomic mass is 9.86. The highest BCUT2D eigenvalue weighted by atomic mass is 16.5. The minimum absolute atomic E-state index is 0.0914. The Bertz CT molecular complexity index is 476. The van der Waals surface area contributed by atoms with E-state index in [9.17, 15) is 9.59 Å². The zero-order valence-electron chi connectivity index (χ0n) is 10.6. The van der Waals surface area contributed by atoms with Crippen molar-refractivity contribution in [2.75, 3.05) is 13.2 Å². The van der Waals surface area contributed by atoms with Gasteiger partial charge in [0, 0.05) is 19.3 Å². The SMILES string of the molecule is Cc1cc(C(=O)NC2(CC(=O)O)CCOCC2)on1. The van der Waals surface area contributed by atoms with E-state index < -0.39 is 17.4 Å². The Labute approximate surface area is 109 Å². The standard InChI is InChI=1S/C12H16N2O5/c1-8-6-9(19-14-8)11(17)13-12(7-10(15)16)2-4-18-5-3-12/h6H,2-5,7H2,1H3,(H,13,17)(H,15,16). The van der Waals surface area contributed by atoms with Crippen LogP contribution in [0.1, 0.15) is 35.5 Å². The molecule has 0 aliphatic carbocycles. The van der Waals surface area contributed by atoms with E-state index in [0.29, 0.717) is 31.7 Å². The van der Waals surface area contributed by atoms with Gasteiger partial charge in [0.25, 0.3) is 5.91 Å². The number of carboxylic acid groups (broad SMARTS) is 1. The van der Waals surface area contributed by atoms with Gasteiger partial charge in [-0.3, -0.25) is 9.59 Å². The van der Waals surface area contributed by atoms with Crippen LogP contribution in [0.2, 0.25) is 0 Å². The van der Waals surface area contributed by atoms with Crippen molar-refractivity contribution in [1.29, 1.82) is 0 Å². The molecule has 0 bridgehead atoms. The van der Waals surface area contributed by atoms with Crippen LogP contribution in [0.3, 0.4) is 0 Å². The van der Waals surface area contributed by atoms with Gasteiger partial charge in [0.05, 0.1) is 17.7 Å². The second-order valence-electron chi connectivity index (χ2n) is 4.75. The summed E-state index contributed by atoms with van der Waals surface area (Å²) >= 11 is 0. The van der Waals surface area contributed by atoms with Crippen molar-refractivity contribution in [3.05, 3.63) is 17.5 Å². The van der Waals surface area contributed by atoms with Crippen molar-refractivity contribution in [3.63, 3.8) is 0 Å². The largest absolute Gasteiger partial charge is 0.481 e. The molecular weight excluding hydrogens is 252 g/mol. The summed E-state index contributed by atoms with van der Waals surface area (Å²) in [6.45, 7) is 2.58. The molecule has 0 atom stereocenters. The predicted octanol–water partition coefficient (Wildman–Crippen LogP) is 0.737. The van der Waals surface area contributed by atoms with E-state index in [4.69, 9.17) is 14.4 Å². The third-order valence-electron chi connectivity index (χ3n) is 3.17. The Balaban J connectivity index is 2.11. The van der Waals surface area contributed by atoms with Crippen LogP contribution >= 0.6 is 0 Å². The molecule has 7 nitrogen and oxygen atoms in total. The summed E-state index contributed by atoms with van der Waals surface area (Å²) in [5, 5.41) is 15.4.